The Kier molecular flexibility index (Phi) is 5.97. The second-order valence-electron chi connectivity index (χ2n) is 6.99. The van der Waals surface area contributed by atoms with Gasteiger partial charge >= 0.3 is 5.97 Å². The zero-order valence-corrected chi connectivity index (χ0v) is 16.9. The second kappa shape index (κ2) is 8.61. The summed E-state index contributed by atoms with van der Waals surface area (Å²) < 4.78 is 0. The van der Waals surface area contributed by atoms with Gasteiger partial charge in [0.1, 0.15) is 0 Å². The number of nitrogens with one attached hydrogen (secondary N) is 2. The molecule has 2 amide bonds. The van der Waals surface area contributed by atoms with Gasteiger partial charge in [-0.15, -0.1) is 0 Å². The van der Waals surface area contributed by atoms with Gasteiger partial charge in [-0.2, -0.15) is 0 Å². The molecule has 0 bridgehead atoms. The van der Waals surface area contributed by atoms with Gasteiger partial charge in [0.15, 0.2) is 0 Å². The zero-order valence-electron chi connectivity index (χ0n) is 16.9. The maximum absolute atomic E-state index is 12.5. The van der Waals surface area contributed by atoms with Crippen molar-refractivity contribution < 1.29 is 19.5 Å². The number of carbonyl (C=O) groups is 3. The van der Waals surface area contributed by atoms with E-state index in [0.717, 1.165) is 16.7 Å². The van der Waals surface area contributed by atoms with E-state index in [-0.39, 0.29) is 17.4 Å². The Morgan fingerprint density at radius 3 is 1.93 bits per heavy atom. The number of aryl methyl sites for hydroxylation is 2. The molecule has 3 N–H and O–H groups in total. The van der Waals surface area contributed by atoms with E-state index in [4.69, 9.17) is 0 Å². The van der Waals surface area contributed by atoms with E-state index in [1.165, 1.54) is 0 Å². The van der Waals surface area contributed by atoms with Crippen LogP contribution < -0.4 is 10.6 Å². The minimum Gasteiger partial charge on any atom is -0.478 e. The molecule has 0 saturated heterocycles. The van der Waals surface area contributed by atoms with E-state index in [2.05, 4.69) is 10.6 Å². The number of carboxylic acid groups (broad SMARTS) is 1. The van der Waals surface area contributed by atoms with Gasteiger partial charge < -0.3 is 15.7 Å². The van der Waals surface area contributed by atoms with E-state index in [1.54, 1.807) is 61.6 Å². The lowest BCUT2D eigenvalue weighted by atomic mass is 9.94. The predicted molar refractivity (Wildman–Crippen MR) is 116 cm³/mol. The second-order valence-corrected chi connectivity index (χ2v) is 6.99. The summed E-state index contributed by atoms with van der Waals surface area (Å²) >= 11 is 0. The van der Waals surface area contributed by atoms with E-state index < -0.39 is 5.97 Å². The number of amides is 2. The molecule has 0 aliphatic carbocycles. The van der Waals surface area contributed by atoms with Crippen LogP contribution in [0.15, 0.2) is 60.7 Å². The Morgan fingerprint density at radius 1 is 0.767 bits per heavy atom. The highest BCUT2D eigenvalue weighted by Gasteiger charge is 2.15. The van der Waals surface area contributed by atoms with Gasteiger partial charge in [0, 0.05) is 23.9 Å². The van der Waals surface area contributed by atoms with Crippen LogP contribution in [0.25, 0.3) is 11.1 Å². The monoisotopic (exact) mass is 402 g/mol. The first-order chi connectivity index (χ1) is 14.3. The molecule has 0 aromatic heterocycles. The van der Waals surface area contributed by atoms with Crippen molar-refractivity contribution in [2.75, 3.05) is 12.4 Å². The molecule has 0 unspecified atom stereocenters. The van der Waals surface area contributed by atoms with E-state index in [1.807, 2.05) is 19.9 Å². The fourth-order valence-corrected chi connectivity index (χ4v) is 3.23. The Morgan fingerprint density at radius 2 is 1.37 bits per heavy atom. The fourth-order valence-electron chi connectivity index (χ4n) is 3.23. The van der Waals surface area contributed by atoms with Crippen molar-refractivity contribution in [3.63, 3.8) is 0 Å². The number of carboxylic acids is 1. The minimum absolute atomic E-state index is 0.218. The van der Waals surface area contributed by atoms with E-state index in [9.17, 15) is 19.5 Å². The molecule has 6 nitrogen and oxygen atoms in total. The van der Waals surface area contributed by atoms with Gasteiger partial charge in [-0.05, 0) is 73.0 Å². The number of anilines is 1. The first kappa shape index (κ1) is 20.8. The lowest BCUT2D eigenvalue weighted by Gasteiger charge is -2.13. The van der Waals surface area contributed by atoms with Crippen molar-refractivity contribution in [3.8, 4) is 11.1 Å². The van der Waals surface area contributed by atoms with Gasteiger partial charge in [-0.1, -0.05) is 23.8 Å². The molecule has 0 aliphatic rings. The van der Waals surface area contributed by atoms with Crippen LogP contribution in [0, 0.1) is 13.8 Å². The Balaban J connectivity index is 1.83. The highest BCUT2D eigenvalue weighted by Crippen LogP contribution is 2.30. The van der Waals surface area contributed by atoms with Crippen molar-refractivity contribution in [2.45, 2.75) is 13.8 Å². The van der Waals surface area contributed by atoms with Crippen molar-refractivity contribution in [1.29, 1.82) is 0 Å². The van der Waals surface area contributed by atoms with Gasteiger partial charge in [-0.3, -0.25) is 9.59 Å². The molecule has 0 heterocycles. The zero-order chi connectivity index (χ0) is 21.8. The summed E-state index contributed by atoms with van der Waals surface area (Å²) in [5, 5.41) is 14.9. The molecule has 0 saturated carbocycles. The smallest absolute Gasteiger partial charge is 0.336 e. The third kappa shape index (κ3) is 4.38. The first-order valence-corrected chi connectivity index (χ1v) is 9.38. The fraction of sp³-hybridized carbons (Fsp3) is 0.125. The summed E-state index contributed by atoms with van der Waals surface area (Å²) in [6.07, 6.45) is 0. The molecule has 0 fully saturated rings. The molecule has 0 spiro atoms. The lowest BCUT2D eigenvalue weighted by Crippen LogP contribution is -2.18. The summed E-state index contributed by atoms with van der Waals surface area (Å²) in [6.45, 7) is 3.72. The highest BCUT2D eigenvalue weighted by atomic mass is 16.4. The van der Waals surface area contributed by atoms with Crippen LogP contribution in [0.4, 0.5) is 5.69 Å². The van der Waals surface area contributed by atoms with Crippen LogP contribution in [0.3, 0.4) is 0 Å². The molecular weight excluding hydrogens is 380 g/mol. The third-order valence-corrected chi connectivity index (χ3v) is 4.82. The van der Waals surface area contributed by atoms with Crippen LogP contribution in [-0.4, -0.2) is 29.9 Å². The number of carbonyl (C=O) groups excluding carboxylic acids is 2. The SMILES string of the molecule is CNC(=O)c1ccc(C(=O)Nc2ccc(-c3ccc(C)cc3C(=O)O)c(C)c2)cc1. The lowest BCUT2D eigenvalue weighted by molar-refractivity contribution is 0.0697. The van der Waals surface area contributed by atoms with Crippen LogP contribution in [0.2, 0.25) is 0 Å². The van der Waals surface area contributed by atoms with E-state index >= 15 is 0 Å². The Labute approximate surface area is 174 Å². The average Bonchev–Trinajstić information content (AvgIpc) is 2.73. The number of hydrogen-bond acceptors (Lipinski definition) is 3. The predicted octanol–water partition coefficient (Wildman–Crippen LogP) is 4.28. The third-order valence-electron chi connectivity index (χ3n) is 4.82. The molecule has 3 aromatic carbocycles. The van der Waals surface area contributed by atoms with E-state index in [0.29, 0.717) is 22.4 Å². The van der Waals surface area contributed by atoms with Gasteiger partial charge in [0.2, 0.25) is 0 Å². The van der Waals surface area contributed by atoms with Crippen LogP contribution in [0.5, 0.6) is 0 Å². The average molecular weight is 402 g/mol. The molecule has 0 aliphatic heterocycles. The largest absolute Gasteiger partial charge is 0.478 e. The highest BCUT2D eigenvalue weighted by molar-refractivity contribution is 6.05. The maximum Gasteiger partial charge on any atom is 0.336 e. The van der Waals surface area contributed by atoms with Crippen LogP contribution in [0.1, 0.15) is 42.2 Å². The summed E-state index contributed by atoms with van der Waals surface area (Å²) in [4.78, 5) is 35.8. The number of benzene rings is 3. The molecule has 3 aromatic rings. The maximum atomic E-state index is 12.5. The molecule has 30 heavy (non-hydrogen) atoms. The van der Waals surface area contributed by atoms with Crippen molar-refractivity contribution in [2.24, 2.45) is 0 Å². The standard InChI is InChI=1S/C24H22N2O4/c1-14-4-10-20(21(12-14)24(29)30)19-11-9-18(13-15(19)2)26-23(28)17-7-5-16(6-8-17)22(27)25-3/h4-13H,1-3H3,(H,25,27)(H,26,28)(H,29,30). The minimum atomic E-state index is -0.981. The quantitative estimate of drug-likeness (QED) is 0.594. The number of hydrogen-bond donors (Lipinski definition) is 3. The van der Waals surface area contributed by atoms with Gasteiger partial charge in [-0.25, -0.2) is 4.79 Å². The van der Waals surface area contributed by atoms with Gasteiger partial charge in [0.25, 0.3) is 11.8 Å². The summed E-state index contributed by atoms with van der Waals surface area (Å²) in [6, 6.07) is 17.0. The summed E-state index contributed by atoms with van der Waals surface area (Å²) in [5.41, 5.74) is 4.88. The first-order valence-electron chi connectivity index (χ1n) is 9.38. The van der Waals surface area contributed by atoms with Crippen molar-refractivity contribution in [3.05, 3.63) is 88.5 Å². The molecule has 3 rings (SSSR count). The molecular formula is C24H22N2O4. The Hall–Kier alpha value is -3.93. The summed E-state index contributed by atoms with van der Waals surface area (Å²) in [5.74, 6) is -1.50. The topological polar surface area (TPSA) is 95.5 Å². The molecule has 152 valence electrons. The van der Waals surface area contributed by atoms with Crippen molar-refractivity contribution in [1.82, 2.24) is 5.32 Å². The van der Waals surface area contributed by atoms with Crippen LogP contribution in [-0.2, 0) is 0 Å². The molecule has 0 radical (unpaired) electrons. The van der Waals surface area contributed by atoms with Gasteiger partial charge in [0.05, 0.1) is 5.56 Å². The number of rotatable bonds is 5. The van der Waals surface area contributed by atoms with Crippen LogP contribution >= 0.6 is 0 Å². The van der Waals surface area contributed by atoms with Crippen molar-refractivity contribution >= 4 is 23.5 Å². The number of aromatic carboxylic acids is 1. The molecule has 0 atom stereocenters. The summed E-state index contributed by atoms with van der Waals surface area (Å²) in [7, 11) is 1.55. The Bertz CT molecular complexity index is 1130. The normalized spacial score (nSPS) is 10.4. The molecule has 6 heteroatoms.